The molecule has 0 saturated heterocycles. The number of carbonyl (C=O) groups excluding carboxylic acids is 2. The highest BCUT2D eigenvalue weighted by atomic mass is 16.6. The second kappa shape index (κ2) is 7.76. The van der Waals surface area contributed by atoms with Crippen LogP contribution < -0.4 is 0 Å². The van der Waals surface area contributed by atoms with Gasteiger partial charge in [0, 0.05) is 29.2 Å². The smallest absolute Gasteiger partial charge is 0.338 e. The molecule has 6 heteroatoms. The zero-order chi connectivity index (χ0) is 20.4. The summed E-state index contributed by atoms with van der Waals surface area (Å²) in [6, 6.07) is 10.1. The summed E-state index contributed by atoms with van der Waals surface area (Å²) in [5.74, 6) is -0.911. The lowest BCUT2D eigenvalue weighted by molar-refractivity contribution is -0.384. The lowest BCUT2D eigenvalue weighted by atomic mass is 9.77. The normalized spacial score (nSPS) is 15.6. The molecule has 0 aromatic heterocycles. The molecule has 6 nitrogen and oxygen atoms in total. The summed E-state index contributed by atoms with van der Waals surface area (Å²) >= 11 is 0. The van der Waals surface area contributed by atoms with E-state index in [2.05, 4.69) is 0 Å². The molecule has 144 valence electrons. The van der Waals surface area contributed by atoms with Crippen molar-refractivity contribution in [2.24, 2.45) is 5.92 Å². The number of methoxy groups -OCH3 is 1. The quantitative estimate of drug-likeness (QED) is 0.441. The lowest BCUT2D eigenvalue weighted by Gasteiger charge is -2.25. The molecule has 1 atom stereocenters. The van der Waals surface area contributed by atoms with Crippen molar-refractivity contribution in [2.45, 2.75) is 26.7 Å². The van der Waals surface area contributed by atoms with E-state index < -0.39 is 16.8 Å². The van der Waals surface area contributed by atoms with Gasteiger partial charge in [-0.05, 0) is 43.4 Å². The van der Waals surface area contributed by atoms with Gasteiger partial charge < -0.3 is 4.74 Å². The van der Waals surface area contributed by atoms with Gasteiger partial charge in [0.25, 0.3) is 5.69 Å². The van der Waals surface area contributed by atoms with E-state index in [9.17, 15) is 19.7 Å². The third kappa shape index (κ3) is 3.58. The van der Waals surface area contributed by atoms with Crippen LogP contribution in [0.1, 0.15) is 39.0 Å². The number of nitro benzene ring substituents is 1. The number of ketones is 1. The molecule has 0 amide bonds. The fourth-order valence-corrected chi connectivity index (χ4v) is 3.62. The maximum Gasteiger partial charge on any atom is 0.338 e. The van der Waals surface area contributed by atoms with Gasteiger partial charge in [0.15, 0.2) is 5.78 Å². The number of rotatable bonds is 5. The average molecular weight is 379 g/mol. The Morgan fingerprint density at radius 3 is 2.25 bits per heavy atom. The van der Waals surface area contributed by atoms with Crippen LogP contribution in [0.2, 0.25) is 0 Å². The first kappa shape index (κ1) is 19.5. The molecular formula is C22H21NO5. The van der Waals surface area contributed by atoms with Crippen LogP contribution >= 0.6 is 0 Å². The lowest BCUT2D eigenvalue weighted by Crippen LogP contribution is -2.24. The summed E-state index contributed by atoms with van der Waals surface area (Å²) in [7, 11) is 1.33. The van der Waals surface area contributed by atoms with E-state index in [0.717, 1.165) is 16.7 Å². The Morgan fingerprint density at radius 2 is 1.68 bits per heavy atom. The Bertz CT molecular complexity index is 989. The minimum Gasteiger partial charge on any atom is -0.465 e. The number of Topliss-reactive ketones (excluding diaryl/α,β-unsaturated/α-hetero) is 1. The van der Waals surface area contributed by atoms with E-state index >= 15 is 0 Å². The minimum absolute atomic E-state index is 0.00855. The van der Waals surface area contributed by atoms with Gasteiger partial charge >= 0.3 is 5.97 Å². The SMILES string of the molecule is COC(=O)C1=CC(CCc2ccc([N+](=O)[O-])cc2)C(=O)c2c(C)ccc(C)c21. The molecule has 3 rings (SSSR count). The summed E-state index contributed by atoms with van der Waals surface area (Å²) < 4.78 is 4.94. The van der Waals surface area contributed by atoms with Crippen LogP contribution in [0.4, 0.5) is 5.69 Å². The molecule has 0 spiro atoms. The highest BCUT2D eigenvalue weighted by Gasteiger charge is 2.33. The molecule has 2 aromatic rings. The maximum absolute atomic E-state index is 13.1. The predicted octanol–water partition coefficient (Wildman–Crippen LogP) is 4.21. The zero-order valence-corrected chi connectivity index (χ0v) is 16.0. The Kier molecular flexibility index (Phi) is 5.40. The van der Waals surface area contributed by atoms with Gasteiger partial charge in [-0.25, -0.2) is 4.79 Å². The number of hydrogen-bond acceptors (Lipinski definition) is 5. The number of hydrogen-bond donors (Lipinski definition) is 0. The van der Waals surface area contributed by atoms with Gasteiger partial charge in [-0.15, -0.1) is 0 Å². The molecule has 0 N–H and O–H groups in total. The van der Waals surface area contributed by atoms with Crippen molar-refractivity contribution in [3.8, 4) is 0 Å². The molecule has 0 radical (unpaired) electrons. The fourth-order valence-electron chi connectivity index (χ4n) is 3.62. The number of aryl methyl sites for hydroxylation is 3. The topological polar surface area (TPSA) is 86.5 Å². The van der Waals surface area contributed by atoms with Gasteiger partial charge in [-0.3, -0.25) is 14.9 Å². The second-order valence-electron chi connectivity index (χ2n) is 6.95. The van der Waals surface area contributed by atoms with Gasteiger partial charge in [-0.2, -0.15) is 0 Å². The first-order valence-electron chi connectivity index (χ1n) is 9.01. The summed E-state index contributed by atoms with van der Waals surface area (Å²) in [4.78, 5) is 35.8. The Morgan fingerprint density at radius 1 is 1.07 bits per heavy atom. The van der Waals surface area contributed by atoms with Crippen molar-refractivity contribution in [1.82, 2.24) is 0 Å². The molecule has 1 aliphatic rings. The highest BCUT2D eigenvalue weighted by molar-refractivity contribution is 6.23. The fraction of sp³-hybridized carbons (Fsp3) is 0.273. The first-order chi connectivity index (χ1) is 13.3. The number of ether oxygens (including phenoxy) is 1. The molecule has 0 bridgehead atoms. The van der Waals surface area contributed by atoms with Crippen LogP contribution in [0.25, 0.3) is 5.57 Å². The van der Waals surface area contributed by atoms with Crippen molar-refractivity contribution in [3.63, 3.8) is 0 Å². The highest BCUT2D eigenvalue weighted by Crippen LogP contribution is 2.36. The summed E-state index contributed by atoms with van der Waals surface area (Å²) in [5, 5.41) is 10.8. The van der Waals surface area contributed by atoms with Crippen LogP contribution in [0, 0.1) is 29.9 Å². The number of non-ortho nitro benzene ring substituents is 1. The Labute approximate surface area is 163 Å². The van der Waals surface area contributed by atoms with E-state index in [-0.39, 0.29) is 11.5 Å². The van der Waals surface area contributed by atoms with Gasteiger partial charge in [0.1, 0.15) is 0 Å². The van der Waals surface area contributed by atoms with E-state index in [4.69, 9.17) is 4.74 Å². The Balaban J connectivity index is 1.91. The summed E-state index contributed by atoms with van der Waals surface area (Å²) in [6.07, 6.45) is 2.78. The molecular weight excluding hydrogens is 358 g/mol. The Hall–Kier alpha value is -3.28. The average Bonchev–Trinajstić information content (AvgIpc) is 2.69. The number of esters is 1. The minimum atomic E-state index is -0.456. The van der Waals surface area contributed by atoms with Crippen LogP contribution in [-0.2, 0) is 16.0 Å². The van der Waals surface area contributed by atoms with E-state index in [1.165, 1.54) is 19.2 Å². The largest absolute Gasteiger partial charge is 0.465 e. The number of nitrogens with zero attached hydrogens (tertiary/aromatic N) is 1. The first-order valence-corrected chi connectivity index (χ1v) is 9.01. The molecule has 1 aliphatic carbocycles. The number of carbonyl (C=O) groups is 2. The van der Waals surface area contributed by atoms with E-state index in [1.54, 1.807) is 18.2 Å². The number of fused-ring (bicyclic) bond motifs is 1. The number of allylic oxidation sites excluding steroid dienone is 1. The van der Waals surface area contributed by atoms with Gasteiger partial charge in [0.05, 0.1) is 17.6 Å². The zero-order valence-electron chi connectivity index (χ0n) is 16.0. The molecule has 1 unspecified atom stereocenters. The maximum atomic E-state index is 13.1. The molecule has 28 heavy (non-hydrogen) atoms. The predicted molar refractivity (Wildman–Crippen MR) is 105 cm³/mol. The third-order valence-electron chi connectivity index (χ3n) is 5.14. The van der Waals surface area contributed by atoms with Crippen LogP contribution in [0.5, 0.6) is 0 Å². The van der Waals surface area contributed by atoms with Gasteiger partial charge in [0.2, 0.25) is 0 Å². The van der Waals surface area contributed by atoms with Crippen molar-refractivity contribution >= 4 is 23.0 Å². The van der Waals surface area contributed by atoms with Crippen LogP contribution in [0.3, 0.4) is 0 Å². The third-order valence-corrected chi connectivity index (χ3v) is 5.14. The summed E-state index contributed by atoms with van der Waals surface area (Å²) in [6.45, 7) is 3.74. The van der Waals surface area contributed by atoms with Gasteiger partial charge in [-0.1, -0.05) is 30.3 Å². The van der Waals surface area contributed by atoms with Crippen molar-refractivity contribution in [2.75, 3.05) is 7.11 Å². The summed E-state index contributed by atoms with van der Waals surface area (Å²) in [5.41, 5.74) is 4.29. The van der Waals surface area contributed by atoms with E-state index in [0.29, 0.717) is 29.5 Å². The van der Waals surface area contributed by atoms with Crippen molar-refractivity contribution < 1.29 is 19.2 Å². The molecule has 2 aromatic carbocycles. The molecule has 0 heterocycles. The molecule has 0 aliphatic heterocycles. The van der Waals surface area contributed by atoms with E-state index in [1.807, 2.05) is 26.0 Å². The van der Waals surface area contributed by atoms with Crippen LogP contribution in [0.15, 0.2) is 42.5 Å². The molecule has 0 saturated carbocycles. The monoisotopic (exact) mass is 379 g/mol. The number of benzene rings is 2. The van der Waals surface area contributed by atoms with Crippen molar-refractivity contribution in [1.29, 1.82) is 0 Å². The molecule has 0 fully saturated rings. The standard InChI is InChI=1S/C22H21NO5/c1-13-4-5-14(2)20-19(13)18(22(25)28-3)12-16(21(20)24)9-6-15-7-10-17(11-8-15)23(26)27/h4-5,7-8,10-12,16H,6,9H2,1-3H3. The second-order valence-corrected chi connectivity index (χ2v) is 6.95. The number of nitro groups is 1. The van der Waals surface area contributed by atoms with Crippen LogP contribution in [-0.4, -0.2) is 23.8 Å². The van der Waals surface area contributed by atoms with Crippen molar-refractivity contribution in [3.05, 3.63) is 80.4 Å².